The van der Waals surface area contributed by atoms with Crippen molar-refractivity contribution in [2.45, 2.75) is 50.7 Å². The van der Waals surface area contributed by atoms with Gasteiger partial charge in [0.25, 0.3) is 0 Å². The predicted molar refractivity (Wildman–Crippen MR) is 85.2 cm³/mol. The average molecular weight is 284 g/mol. The van der Waals surface area contributed by atoms with Crippen molar-refractivity contribution < 1.29 is 4.42 Å². The van der Waals surface area contributed by atoms with E-state index >= 15 is 0 Å². The molecule has 2 saturated heterocycles. The van der Waals surface area contributed by atoms with Crippen LogP contribution in [0.5, 0.6) is 0 Å². The quantitative estimate of drug-likeness (QED) is 0.916. The summed E-state index contributed by atoms with van der Waals surface area (Å²) in [5, 5.41) is 1.18. The maximum Gasteiger partial charge on any atom is 0.134 e. The maximum absolute atomic E-state index is 6.56. The highest BCUT2D eigenvalue weighted by Gasteiger charge is 2.41. The number of nitrogens with two attached hydrogens (primary N) is 1. The molecule has 21 heavy (non-hydrogen) atoms. The SMILES string of the molecule is Cc1ccc2oc(C(N)C3CC4CCC(C3)N4C)cc2c1. The van der Waals surface area contributed by atoms with Crippen LogP contribution in [0.1, 0.15) is 43.0 Å². The van der Waals surface area contributed by atoms with Gasteiger partial charge in [-0.15, -0.1) is 0 Å². The molecule has 0 amide bonds. The van der Waals surface area contributed by atoms with Crippen molar-refractivity contribution in [1.29, 1.82) is 0 Å². The van der Waals surface area contributed by atoms with Gasteiger partial charge in [0, 0.05) is 17.5 Å². The second kappa shape index (κ2) is 4.85. The van der Waals surface area contributed by atoms with Gasteiger partial charge in [-0.2, -0.15) is 0 Å². The van der Waals surface area contributed by atoms with Gasteiger partial charge in [0.15, 0.2) is 0 Å². The van der Waals surface area contributed by atoms with E-state index in [2.05, 4.69) is 43.1 Å². The standard InChI is InChI=1S/C18H24N2O/c1-11-3-6-16-12(7-11)10-17(21-16)18(19)13-8-14-4-5-15(9-13)20(14)2/h3,6-7,10,13-15,18H,4-5,8-9,19H2,1-2H3. The highest BCUT2D eigenvalue weighted by molar-refractivity contribution is 5.78. The van der Waals surface area contributed by atoms with Gasteiger partial charge >= 0.3 is 0 Å². The molecule has 3 heteroatoms. The van der Waals surface area contributed by atoms with Crippen molar-refractivity contribution in [2.75, 3.05) is 7.05 Å². The highest BCUT2D eigenvalue weighted by Crippen LogP contribution is 2.42. The first-order valence-corrected chi connectivity index (χ1v) is 8.09. The lowest BCUT2D eigenvalue weighted by atomic mass is 9.84. The first-order valence-electron chi connectivity index (χ1n) is 8.09. The summed E-state index contributed by atoms with van der Waals surface area (Å²) in [7, 11) is 2.27. The lowest BCUT2D eigenvalue weighted by Crippen LogP contribution is -2.42. The van der Waals surface area contributed by atoms with E-state index in [0.29, 0.717) is 5.92 Å². The largest absolute Gasteiger partial charge is 0.459 e. The van der Waals surface area contributed by atoms with Gasteiger partial charge in [-0.25, -0.2) is 0 Å². The van der Waals surface area contributed by atoms with E-state index in [-0.39, 0.29) is 6.04 Å². The Hall–Kier alpha value is -1.32. The Labute approximate surface area is 126 Å². The molecule has 0 saturated carbocycles. The van der Waals surface area contributed by atoms with Crippen LogP contribution in [0.4, 0.5) is 0 Å². The number of nitrogens with zero attached hydrogens (tertiary/aromatic N) is 1. The molecule has 4 rings (SSSR count). The lowest BCUT2D eigenvalue weighted by molar-refractivity contribution is 0.116. The molecule has 0 radical (unpaired) electrons. The summed E-state index contributed by atoms with van der Waals surface area (Å²) in [4.78, 5) is 2.56. The van der Waals surface area contributed by atoms with Crippen molar-refractivity contribution in [3.63, 3.8) is 0 Å². The number of benzene rings is 1. The van der Waals surface area contributed by atoms with Gasteiger partial charge in [-0.1, -0.05) is 11.6 Å². The van der Waals surface area contributed by atoms with Gasteiger partial charge in [0.1, 0.15) is 11.3 Å². The first-order chi connectivity index (χ1) is 10.1. The van der Waals surface area contributed by atoms with E-state index in [9.17, 15) is 0 Å². The van der Waals surface area contributed by atoms with Crippen LogP contribution in [-0.4, -0.2) is 24.0 Å². The molecular formula is C18H24N2O. The first kappa shape index (κ1) is 13.4. The average Bonchev–Trinajstić information content (AvgIpc) is 2.94. The van der Waals surface area contributed by atoms with E-state index < -0.39 is 0 Å². The Morgan fingerprint density at radius 2 is 1.90 bits per heavy atom. The van der Waals surface area contributed by atoms with Crippen molar-refractivity contribution in [3.05, 3.63) is 35.6 Å². The van der Waals surface area contributed by atoms with Crippen LogP contribution in [0.2, 0.25) is 0 Å². The third-order valence-corrected chi connectivity index (χ3v) is 5.66. The van der Waals surface area contributed by atoms with Crippen molar-refractivity contribution in [1.82, 2.24) is 4.90 Å². The minimum absolute atomic E-state index is 0.0366. The molecule has 3 heterocycles. The number of fused-ring (bicyclic) bond motifs is 3. The summed E-state index contributed by atoms with van der Waals surface area (Å²) in [6.07, 6.45) is 5.10. The summed E-state index contributed by atoms with van der Waals surface area (Å²) in [5.41, 5.74) is 8.78. The number of rotatable bonds is 2. The Kier molecular flexibility index (Phi) is 3.09. The fraction of sp³-hybridized carbons (Fsp3) is 0.556. The number of hydrogen-bond acceptors (Lipinski definition) is 3. The van der Waals surface area contributed by atoms with Gasteiger partial charge in [0.05, 0.1) is 6.04 Å². The van der Waals surface area contributed by atoms with Gasteiger partial charge in [0.2, 0.25) is 0 Å². The minimum atomic E-state index is 0.0366. The third kappa shape index (κ3) is 2.19. The molecular weight excluding hydrogens is 260 g/mol. The summed E-state index contributed by atoms with van der Waals surface area (Å²) in [6, 6.07) is 9.96. The fourth-order valence-electron chi connectivity index (χ4n) is 4.33. The molecule has 2 aliphatic rings. The Morgan fingerprint density at radius 1 is 1.19 bits per heavy atom. The fourth-order valence-corrected chi connectivity index (χ4v) is 4.33. The van der Waals surface area contributed by atoms with E-state index in [4.69, 9.17) is 10.2 Å². The minimum Gasteiger partial charge on any atom is -0.459 e. The van der Waals surface area contributed by atoms with Gasteiger partial charge in [-0.05, 0) is 63.8 Å². The van der Waals surface area contributed by atoms with Crippen LogP contribution >= 0.6 is 0 Å². The van der Waals surface area contributed by atoms with Crippen LogP contribution in [0, 0.1) is 12.8 Å². The van der Waals surface area contributed by atoms with Crippen LogP contribution in [-0.2, 0) is 0 Å². The molecule has 3 atom stereocenters. The van der Waals surface area contributed by atoms with Gasteiger partial charge in [-0.3, -0.25) is 0 Å². The molecule has 3 unspecified atom stereocenters. The number of piperidine rings is 1. The Bertz CT molecular complexity index is 648. The molecule has 2 aromatic rings. The molecule has 2 bridgehead atoms. The van der Waals surface area contributed by atoms with E-state index in [1.165, 1.54) is 36.6 Å². The van der Waals surface area contributed by atoms with Crippen molar-refractivity contribution in [2.24, 2.45) is 11.7 Å². The molecule has 1 aromatic carbocycles. The van der Waals surface area contributed by atoms with Crippen molar-refractivity contribution >= 4 is 11.0 Å². The summed E-state index contributed by atoms with van der Waals surface area (Å²) in [5.74, 6) is 1.52. The molecule has 112 valence electrons. The molecule has 2 aliphatic heterocycles. The zero-order valence-electron chi connectivity index (χ0n) is 12.9. The summed E-state index contributed by atoms with van der Waals surface area (Å²) in [6.45, 7) is 2.11. The van der Waals surface area contributed by atoms with Crippen LogP contribution < -0.4 is 5.73 Å². The maximum atomic E-state index is 6.56. The zero-order valence-corrected chi connectivity index (χ0v) is 12.9. The molecule has 3 nitrogen and oxygen atoms in total. The van der Waals surface area contributed by atoms with E-state index in [1.54, 1.807) is 0 Å². The number of aryl methyl sites for hydroxylation is 1. The van der Waals surface area contributed by atoms with Crippen LogP contribution in [0.15, 0.2) is 28.7 Å². The van der Waals surface area contributed by atoms with Crippen molar-refractivity contribution in [3.8, 4) is 0 Å². The van der Waals surface area contributed by atoms with Crippen LogP contribution in [0.25, 0.3) is 11.0 Å². The molecule has 2 fully saturated rings. The molecule has 0 aliphatic carbocycles. The Balaban J connectivity index is 1.60. The lowest BCUT2D eigenvalue weighted by Gasteiger charge is -2.38. The van der Waals surface area contributed by atoms with E-state index in [1.807, 2.05) is 0 Å². The Morgan fingerprint density at radius 3 is 2.62 bits per heavy atom. The summed E-state index contributed by atoms with van der Waals surface area (Å²) < 4.78 is 6.02. The second-order valence-electron chi connectivity index (χ2n) is 7.00. The normalized spacial score (nSPS) is 30.9. The van der Waals surface area contributed by atoms with E-state index in [0.717, 1.165) is 23.4 Å². The topological polar surface area (TPSA) is 42.4 Å². The molecule has 2 N–H and O–H groups in total. The molecule has 0 spiro atoms. The second-order valence-corrected chi connectivity index (χ2v) is 7.00. The van der Waals surface area contributed by atoms with Crippen LogP contribution in [0.3, 0.4) is 0 Å². The molecule has 1 aromatic heterocycles. The number of furan rings is 1. The van der Waals surface area contributed by atoms with Gasteiger partial charge < -0.3 is 15.1 Å². The number of hydrogen-bond donors (Lipinski definition) is 1. The summed E-state index contributed by atoms with van der Waals surface area (Å²) >= 11 is 0. The monoisotopic (exact) mass is 284 g/mol. The predicted octanol–water partition coefficient (Wildman–Crippen LogP) is 3.61. The smallest absolute Gasteiger partial charge is 0.134 e. The third-order valence-electron chi connectivity index (χ3n) is 5.66. The highest BCUT2D eigenvalue weighted by atomic mass is 16.3. The zero-order chi connectivity index (χ0) is 14.6.